The molecule has 44 heavy (non-hydrogen) atoms. The van der Waals surface area contributed by atoms with Crippen molar-refractivity contribution in [2.75, 3.05) is 4.90 Å². The summed E-state index contributed by atoms with van der Waals surface area (Å²) in [5.74, 6) is -0.136. The quantitative estimate of drug-likeness (QED) is 0.197. The molecule has 5 aromatic rings. The van der Waals surface area contributed by atoms with E-state index in [0.29, 0.717) is 39.1 Å². The third-order valence-corrected chi connectivity index (χ3v) is 9.02. The van der Waals surface area contributed by atoms with Crippen molar-refractivity contribution in [1.82, 2.24) is 20.1 Å². The topological polar surface area (TPSA) is 106 Å². The largest absolute Gasteiger partial charge is 0.444 e. The Balaban J connectivity index is 1.21. The van der Waals surface area contributed by atoms with E-state index in [9.17, 15) is 14.4 Å². The van der Waals surface area contributed by atoms with Crippen LogP contribution in [0.2, 0.25) is 5.02 Å². The highest BCUT2D eigenvalue weighted by molar-refractivity contribution is 7.15. The average molecular weight is 626 g/mol. The molecule has 1 unspecified atom stereocenters. The number of rotatable bonds is 9. The third-order valence-electron chi connectivity index (χ3n) is 7.41. The number of aromatic nitrogens is 3. The summed E-state index contributed by atoms with van der Waals surface area (Å²) in [6, 6.07) is 24.8. The number of fused-ring (bicyclic) bond motifs is 1. The van der Waals surface area contributed by atoms with Gasteiger partial charge < -0.3 is 10.1 Å². The predicted octanol–water partition coefficient (Wildman–Crippen LogP) is 6.16. The lowest BCUT2D eigenvalue weighted by Crippen LogP contribution is -2.48. The summed E-state index contributed by atoms with van der Waals surface area (Å²) in [6.45, 7) is 2.13. The number of anilines is 1. The molecule has 3 heterocycles. The molecule has 0 radical (unpaired) electrons. The fourth-order valence-electron chi connectivity index (χ4n) is 5.18. The minimum absolute atomic E-state index is 0.0255. The molecule has 2 amide bonds. The summed E-state index contributed by atoms with van der Waals surface area (Å²) < 4.78 is 7.32. The zero-order valence-corrected chi connectivity index (χ0v) is 25.3. The molecule has 2 aromatic heterocycles. The molecule has 1 aliphatic rings. The molecule has 0 saturated heterocycles. The maximum Gasteiger partial charge on any atom is 0.415 e. The summed E-state index contributed by atoms with van der Waals surface area (Å²) in [5.41, 5.74) is 3.24. The molecule has 1 N–H and O–H groups in total. The Labute approximate surface area is 263 Å². The van der Waals surface area contributed by atoms with Crippen molar-refractivity contribution in [3.63, 3.8) is 0 Å². The molecule has 222 valence electrons. The van der Waals surface area contributed by atoms with E-state index in [4.69, 9.17) is 16.3 Å². The van der Waals surface area contributed by atoms with Crippen molar-refractivity contribution in [3.05, 3.63) is 129 Å². The number of hydrogen-bond acceptors (Lipinski definition) is 7. The average Bonchev–Trinajstić information content (AvgIpc) is 3.79. The first kappa shape index (κ1) is 29.3. The number of carbonyl (C=O) groups excluding carboxylic acids is 3. The number of ether oxygens (including phenoxy) is 1. The van der Waals surface area contributed by atoms with Gasteiger partial charge in [-0.05, 0) is 41.8 Å². The van der Waals surface area contributed by atoms with Crippen LogP contribution in [0.1, 0.15) is 44.7 Å². The molecular formula is C33H28ClN5O4S. The first-order valence-electron chi connectivity index (χ1n) is 14.1. The van der Waals surface area contributed by atoms with Gasteiger partial charge in [0.15, 0.2) is 11.6 Å². The van der Waals surface area contributed by atoms with Crippen LogP contribution in [0.5, 0.6) is 0 Å². The Kier molecular flexibility index (Phi) is 8.53. The van der Waals surface area contributed by atoms with Gasteiger partial charge in [-0.3, -0.25) is 19.1 Å². The Morgan fingerprint density at radius 1 is 1.00 bits per heavy atom. The van der Waals surface area contributed by atoms with E-state index in [1.165, 1.54) is 22.6 Å². The molecular weight excluding hydrogens is 598 g/mol. The lowest BCUT2D eigenvalue weighted by molar-refractivity contribution is -0.122. The van der Waals surface area contributed by atoms with Crippen LogP contribution in [0.25, 0.3) is 5.00 Å². The van der Waals surface area contributed by atoms with Gasteiger partial charge in [0.2, 0.25) is 5.91 Å². The molecule has 6 rings (SSSR count). The van der Waals surface area contributed by atoms with Crippen LogP contribution in [0, 0.1) is 0 Å². The monoisotopic (exact) mass is 625 g/mol. The summed E-state index contributed by atoms with van der Waals surface area (Å²) in [4.78, 5) is 42.9. The van der Waals surface area contributed by atoms with E-state index < -0.39 is 12.1 Å². The van der Waals surface area contributed by atoms with Crippen molar-refractivity contribution >= 4 is 46.4 Å². The number of amides is 2. The van der Waals surface area contributed by atoms with Crippen LogP contribution >= 0.6 is 22.9 Å². The highest BCUT2D eigenvalue weighted by Gasteiger charge is 2.39. The highest BCUT2D eigenvalue weighted by atomic mass is 35.5. The molecule has 3 aromatic carbocycles. The summed E-state index contributed by atoms with van der Waals surface area (Å²) in [6.07, 6.45) is 2.00. The van der Waals surface area contributed by atoms with Gasteiger partial charge in [-0.2, -0.15) is 0 Å². The molecule has 0 fully saturated rings. The number of ketones is 1. The Morgan fingerprint density at radius 2 is 1.75 bits per heavy atom. The van der Waals surface area contributed by atoms with Gasteiger partial charge in [-0.1, -0.05) is 79.2 Å². The molecule has 11 heteroatoms. The van der Waals surface area contributed by atoms with E-state index in [1.807, 2.05) is 67.6 Å². The van der Waals surface area contributed by atoms with Gasteiger partial charge in [-0.15, -0.1) is 21.5 Å². The van der Waals surface area contributed by atoms with Gasteiger partial charge in [0.25, 0.3) is 0 Å². The van der Waals surface area contributed by atoms with E-state index in [0.717, 1.165) is 22.4 Å². The Hall–Kier alpha value is -4.80. The number of nitrogens with one attached hydrogen (secondary N) is 1. The molecule has 0 aliphatic carbocycles. The van der Waals surface area contributed by atoms with Crippen molar-refractivity contribution < 1.29 is 19.1 Å². The van der Waals surface area contributed by atoms with Crippen LogP contribution < -0.4 is 10.2 Å². The molecule has 1 aliphatic heterocycles. The highest BCUT2D eigenvalue weighted by Crippen LogP contribution is 2.34. The number of halogens is 1. The van der Waals surface area contributed by atoms with Gasteiger partial charge in [0.05, 0.1) is 22.8 Å². The molecule has 9 nitrogen and oxygen atoms in total. The number of thiophene rings is 1. The predicted molar refractivity (Wildman–Crippen MR) is 168 cm³/mol. The summed E-state index contributed by atoms with van der Waals surface area (Å²) >= 11 is 7.81. The normalized spacial score (nSPS) is 13.9. The fraction of sp³-hybridized carbons (Fsp3) is 0.182. The first-order chi connectivity index (χ1) is 21.4. The van der Waals surface area contributed by atoms with E-state index in [1.54, 1.807) is 28.8 Å². The first-order valence-corrected chi connectivity index (χ1v) is 15.3. The molecule has 1 atom stereocenters. The third kappa shape index (κ3) is 5.86. The zero-order valence-electron chi connectivity index (χ0n) is 23.8. The lowest BCUT2D eigenvalue weighted by atomic mass is 10.0. The van der Waals surface area contributed by atoms with Crippen LogP contribution in [0.15, 0.2) is 91.3 Å². The van der Waals surface area contributed by atoms with Crippen LogP contribution in [0.3, 0.4) is 0 Å². The maximum atomic E-state index is 13.6. The number of benzene rings is 3. The van der Waals surface area contributed by atoms with E-state index in [-0.39, 0.29) is 24.8 Å². The van der Waals surface area contributed by atoms with Crippen molar-refractivity contribution in [2.24, 2.45) is 0 Å². The smallest absolute Gasteiger partial charge is 0.415 e. The number of carbonyl (C=O) groups is 3. The second-order valence-corrected chi connectivity index (χ2v) is 11.7. The number of nitrogens with zero attached hydrogens (tertiary/aromatic N) is 4. The van der Waals surface area contributed by atoms with Crippen LogP contribution in [0.4, 0.5) is 10.5 Å². The van der Waals surface area contributed by atoms with Gasteiger partial charge in [-0.25, -0.2) is 4.79 Å². The number of hydrogen-bond donors (Lipinski definition) is 1. The van der Waals surface area contributed by atoms with Gasteiger partial charge >= 0.3 is 6.09 Å². The maximum absolute atomic E-state index is 13.6. The van der Waals surface area contributed by atoms with Crippen molar-refractivity contribution in [3.8, 4) is 5.00 Å². The number of aryl methyl sites for hydroxylation is 1. The van der Waals surface area contributed by atoms with Crippen LogP contribution in [-0.4, -0.2) is 38.6 Å². The zero-order chi connectivity index (χ0) is 30.6. The minimum atomic E-state index is -0.808. The van der Waals surface area contributed by atoms with Crippen molar-refractivity contribution in [1.29, 1.82) is 0 Å². The Morgan fingerprint density at radius 3 is 2.55 bits per heavy atom. The molecule has 0 bridgehead atoms. The Bertz CT molecular complexity index is 1840. The number of para-hydroxylation sites is 1. The standard InChI is InChI=1S/C33H28ClN5O4S/c1-2-23-17-25(30(40)24-13-7-8-14-26(24)34)32(44-23)38-20-36-37-29(38)18-35-31(41)28-16-22-12-6-9-15-27(22)39(28)33(42)43-19-21-10-4-3-5-11-21/h3-15,17,20,28H,2,16,18-19H2,1H3,(H,35,41). The molecule has 0 spiro atoms. The van der Waals surface area contributed by atoms with E-state index >= 15 is 0 Å². The van der Waals surface area contributed by atoms with Gasteiger partial charge in [0, 0.05) is 16.9 Å². The SMILES string of the molecule is CCc1cc(C(=O)c2ccccc2Cl)c(-n2cnnc2CNC(=O)C2Cc3ccccc3N2C(=O)OCc2ccccc2)s1. The van der Waals surface area contributed by atoms with Crippen LogP contribution in [-0.2, 0) is 35.5 Å². The summed E-state index contributed by atoms with van der Waals surface area (Å²) in [5, 5.41) is 12.2. The summed E-state index contributed by atoms with van der Waals surface area (Å²) in [7, 11) is 0. The second kappa shape index (κ2) is 12.8. The van der Waals surface area contributed by atoms with E-state index in [2.05, 4.69) is 15.5 Å². The van der Waals surface area contributed by atoms with Gasteiger partial charge in [0.1, 0.15) is 24.0 Å². The minimum Gasteiger partial charge on any atom is -0.444 e. The second-order valence-electron chi connectivity index (χ2n) is 10.2. The molecule has 0 saturated carbocycles. The van der Waals surface area contributed by atoms with Crippen molar-refractivity contribution in [2.45, 2.75) is 39.0 Å². The lowest BCUT2D eigenvalue weighted by Gasteiger charge is -2.24. The fourth-order valence-corrected chi connectivity index (χ4v) is 6.48.